The van der Waals surface area contributed by atoms with Crippen LogP contribution in [0.3, 0.4) is 0 Å². The van der Waals surface area contributed by atoms with Crippen LogP contribution >= 0.6 is 35.6 Å². The Bertz CT molecular complexity index is 487. The summed E-state index contributed by atoms with van der Waals surface area (Å²) < 4.78 is 5.30. The third kappa shape index (κ3) is 4.74. The molecule has 0 spiro atoms. The second-order valence-electron chi connectivity index (χ2n) is 5.37. The van der Waals surface area contributed by atoms with Gasteiger partial charge in [0.05, 0.1) is 6.04 Å². The Hall–Kier alpha value is -0.520. The molecule has 0 aromatic heterocycles. The molecule has 1 heterocycles. The molecule has 7 heteroatoms. The Morgan fingerprint density at radius 3 is 2.45 bits per heavy atom. The maximum absolute atomic E-state index is 12.4. The minimum atomic E-state index is -0.500. The predicted molar refractivity (Wildman–Crippen MR) is 91.7 cm³/mol. The molecule has 1 amide bonds. The quantitative estimate of drug-likeness (QED) is 0.889. The van der Waals surface area contributed by atoms with Crippen LogP contribution in [0.4, 0.5) is 0 Å². The van der Waals surface area contributed by atoms with Gasteiger partial charge in [0.2, 0.25) is 5.91 Å². The van der Waals surface area contributed by atoms with Gasteiger partial charge in [-0.15, -0.1) is 12.4 Å². The van der Waals surface area contributed by atoms with Crippen molar-refractivity contribution in [3.05, 3.63) is 33.8 Å². The highest BCUT2D eigenvalue weighted by atomic mass is 35.5. The van der Waals surface area contributed by atoms with Crippen LogP contribution in [0.15, 0.2) is 18.2 Å². The fourth-order valence-corrected chi connectivity index (χ4v) is 3.05. The number of nitrogens with two attached hydrogens (primary N) is 1. The number of ether oxygens (including phenoxy) is 1. The molecule has 1 aromatic carbocycles. The Labute approximate surface area is 147 Å². The van der Waals surface area contributed by atoms with E-state index in [0.717, 1.165) is 18.4 Å². The van der Waals surface area contributed by atoms with Gasteiger partial charge >= 0.3 is 0 Å². The molecule has 2 rings (SSSR count). The molecule has 1 aliphatic rings. The first-order valence-electron chi connectivity index (χ1n) is 7.02. The van der Waals surface area contributed by atoms with Crippen molar-refractivity contribution >= 4 is 41.5 Å². The minimum Gasteiger partial charge on any atom is -0.381 e. The summed E-state index contributed by atoms with van der Waals surface area (Å²) in [5.41, 5.74) is 6.86. The van der Waals surface area contributed by atoms with Crippen LogP contribution in [0.5, 0.6) is 0 Å². The van der Waals surface area contributed by atoms with Crippen LogP contribution in [0.1, 0.15) is 18.4 Å². The van der Waals surface area contributed by atoms with E-state index in [1.807, 2.05) is 0 Å². The second-order valence-corrected chi connectivity index (χ2v) is 6.18. The van der Waals surface area contributed by atoms with Gasteiger partial charge in [-0.1, -0.05) is 29.3 Å². The zero-order valence-corrected chi connectivity index (χ0v) is 14.8. The van der Waals surface area contributed by atoms with Crippen molar-refractivity contribution in [2.24, 2.45) is 11.7 Å². The van der Waals surface area contributed by atoms with Crippen LogP contribution < -0.4 is 5.73 Å². The van der Waals surface area contributed by atoms with Crippen LogP contribution in [0, 0.1) is 5.92 Å². The van der Waals surface area contributed by atoms with E-state index in [0.29, 0.717) is 29.8 Å². The van der Waals surface area contributed by atoms with E-state index >= 15 is 0 Å². The maximum Gasteiger partial charge on any atom is 0.239 e. The smallest absolute Gasteiger partial charge is 0.239 e. The summed E-state index contributed by atoms with van der Waals surface area (Å²) in [6, 6.07) is 4.81. The molecule has 4 nitrogen and oxygen atoms in total. The normalized spacial score (nSPS) is 16.7. The van der Waals surface area contributed by atoms with Crippen molar-refractivity contribution < 1.29 is 9.53 Å². The first-order valence-corrected chi connectivity index (χ1v) is 7.77. The predicted octanol–water partition coefficient (Wildman–Crippen LogP) is 3.13. The molecule has 0 saturated carbocycles. The van der Waals surface area contributed by atoms with Crippen LogP contribution in [0.2, 0.25) is 10.0 Å². The van der Waals surface area contributed by atoms with Gasteiger partial charge in [0.15, 0.2) is 0 Å². The Kier molecular flexibility index (Phi) is 7.94. The molecule has 1 aliphatic heterocycles. The molecule has 1 atom stereocenters. The maximum atomic E-state index is 12.4. The van der Waals surface area contributed by atoms with E-state index in [-0.39, 0.29) is 24.2 Å². The number of carbonyl (C=O) groups is 1. The fourth-order valence-electron chi connectivity index (χ4n) is 2.53. The molecule has 1 fully saturated rings. The summed E-state index contributed by atoms with van der Waals surface area (Å²) in [6.45, 7) is 1.70. The summed E-state index contributed by atoms with van der Waals surface area (Å²) >= 11 is 12.3. The van der Waals surface area contributed by atoms with E-state index in [1.54, 1.807) is 30.1 Å². The lowest BCUT2D eigenvalue weighted by atomic mass is 9.91. The number of carbonyl (C=O) groups excluding carboxylic acids is 1. The molecule has 0 aliphatic carbocycles. The van der Waals surface area contributed by atoms with Crippen LogP contribution in [-0.4, -0.2) is 37.1 Å². The number of benzene rings is 1. The Balaban J connectivity index is 0.00000242. The highest BCUT2D eigenvalue weighted by Crippen LogP contribution is 2.26. The van der Waals surface area contributed by atoms with Gasteiger partial charge in [-0.05, 0) is 30.9 Å². The van der Waals surface area contributed by atoms with Gasteiger partial charge in [-0.25, -0.2) is 0 Å². The van der Waals surface area contributed by atoms with Gasteiger partial charge in [0, 0.05) is 42.4 Å². The first kappa shape index (κ1) is 19.5. The Morgan fingerprint density at radius 1 is 1.36 bits per heavy atom. The molecule has 0 bridgehead atoms. The van der Waals surface area contributed by atoms with Gasteiger partial charge in [-0.2, -0.15) is 0 Å². The third-order valence-electron chi connectivity index (χ3n) is 3.89. The summed E-state index contributed by atoms with van der Waals surface area (Å²) in [5, 5.41) is 1.11. The zero-order chi connectivity index (χ0) is 15.4. The SMILES string of the molecule is CN(Cc1c(Cl)cccc1Cl)C(=O)C(N)C1CCOCC1.Cl. The van der Waals surface area contributed by atoms with Gasteiger partial charge in [0.1, 0.15) is 0 Å². The summed E-state index contributed by atoms with van der Waals surface area (Å²) in [5.74, 6) is 0.0910. The molecule has 1 saturated heterocycles. The van der Waals surface area contributed by atoms with E-state index in [2.05, 4.69) is 0 Å². The number of halogens is 3. The lowest BCUT2D eigenvalue weighted by molar-refractivity contribution is -0.133. The topological polar surface area (TPSA) is 55.6 Å². The van der Waals surface area contributed by atoms with Crippen molar-refractivity contribution in [2.45, 2.75) is 25.4 Å². The van der Waals surface area contributed by atoms with Gasteiger partial charge < -0.3 is 15.4 Å². The van der Waals surface area contributed by atoms with E-state index in [9.17, 15) is 4.79 Å². The lowest BCUT2D eigenvalue weighted by Gasteiger charge is -2.30. The van der Waals surface area contributed by atoms with E-state index in [1.165, 1.54) is 0 Å². The number of amides is 1. The molecular weight excluding hydrogens is 347 g/mol. The lowest BCUT2D eigenvalue weighted by Crippen LogP contribution is -2.47. The molecule has 2 N–H and O–H groups in total. The average Bonchev–Trinajstić information content (AvgIpc) is 2.50. The fraction of sp³-hybridized carbons (Fsp3) is 0.533. The molecule has 22 heavy (non-hydrogen) atoms. The number of hydrogen-bond donors (Lipinski definition) is 1. The van der Waals surface area contributed by atoms with Crippen LogP contribution in [0.25, 0.3) is 0 Å². The number of nitrogens with zero attached hydrogens (tertiary/aromatic N) is 1. The number of likely N-dealkylation sites (N-methyl/N-ethyl adjacent to an activating group) is 1. The first-order chi connectivity index (χ1) is 10.0. The second kappa shape index (κ2) is 8.94. The largest absolute Gasteiger partial charge is 0.381 e. The molecular formula is C15H21Cl3N2O2. The Morgan fingerprint density at radius 2 is 1.91 bits per heavy atom. The molecule has 1 aromatic rings. The van der Waals surface area contributed by atoms with Crippen molar-refractivity contribution in [1.82, 2.24) is 4.90 Å². The highest BCUT2D eigenvalue weighted by molar-refractivity contribution is 6.36. The van der Waals surface area contributed by atoms with Crippen molar-refractivity contribution in [1.29, 1.82) is 0 Å². The van der Waals surface area contributed by atoms with E-state index < -0.39 is 6.04 Å². The number of rotatable bonds is 4. The summed E-state index contributed by atoms with van der Waals surface area (Å²) in [6.07, 6.45) is 1.65. The standard InChI is InChI=1S/C15H20Cl2N2O2.ClH/c1-19(9-11-12(16)3-2-4-13(11)17)15(20)14(18)10-5-7-21-8-6-10;/h2-4,10,14H,5-9,18H2,1H3;1H. The van der Waals surface area contributed by atoms with Crippen molar-refractivity contribution in [3.63, 3.8) is 0 Å². The summed E-state index contributed by atoms with van der Waals surface area (Å²) in [7, 11) is 1.72. The molecule has 124 valence electrons. The zero-order valence-electron chi connectivity index (χ0n) is 12.4. The minimum absolute atomic E-state index is 0. The number of hydrogen-bond acceptors (Lipinski definition) is 3. The van der Waals surface area contributed by atoms with Crippen molar-refractivity contribution in [3.8, 4) is 0 Å². The summed E-state index contributed by atoms with van der Waals surface area (Å²) in [4.78, 5) is 14.0. The molecule has 1 unspecified atom stereocenters. The van der Waals surface area contributed by atoms with Crippen LogP contribution in [-0.2, 0) is 16.1 Å². The monoisotopic (exact) mass is 366 g/mol. The van der Waals surface area contributed by atoms with Gasteiger partial charge in [0.25, 0.3) is 0 Å². The third-order valence-corrected chi connectivity index (χ3v) is 4.60. The van der Waals surface area contributed by atoms with Crippen molar-refractivity contribution in [2.75, 3.05) is 20.3 Å². The highest BCUT2D eigenvalue weighted by Gasteiger charge is 2.29. The van der Waals surface area contributed by atoms with E-state index in [4.69, 9.17) is 33.7 Å². The average molecular weight is 368 g/mol. The molecule has 0 radical (unpaired) electrons. The van der Waals surface area contributed by atoms with Gasteiger partial charge in [-0.3, -0.25) is 4.79 Å².